The number of nitrogens with two attached hydrogens (primary N) is 1. The molecular formula is C22H25ClN4O4. The van der Waals surface area contributed by atoms with E-state index in [2.05, 4.69) is 10.4 Å². The fraction of sp³-hybridized carbons (Fsp3) is 0.318. The molecule has 0 aliphatic carbocycles. The van der Waals surface area contributed by atoms with Crippen LogP contribution in [0.1, 0.15) is 56.5 Å². The van der Waals surface area contributed by atoms with Gasteiger partial charge in [0.25, 0.3) is 11.8 Å². The number of benzene rings is 1. The minimum absolute atomic E-state index is 0.0264. The molecule has 0 atom stereocenters. The first kappa shape index (κ1) is 22.6. The second-order valence-electron chi connectivity index (χ2n) is 7.30. The number of furan rings is 1. The van der Waals surface area contributed by atoms with E-state index in [1.54, 1.807) is 22.9 Å². The predicted molar refractivity (Wildman–Crippen MR) is 117 cm³/mol. The summed E-state index contributed by atoms with van der Waals surface area (Å²) in [5.41, 5.74) is 8.54. The Kier molecular flexibility index (Phi) is 7.14. The molecular weight excluding hydrogens is 420 g/mol. The number of aryl methyl sites for hydroxylation is 2. The summed E-state index contributed by atoms with van der Waals surface area (Å²) in [5, 5.41) is 16.5. The van der Waals surface area contributed by atoms with Crippen molar-refractivity contribution in [1.82, 2.24) is 9.78 Å². The van der Waals surface area contributed by atoms with E-state index in [0.29, 0.717) is 42.8 Å². The van der Waals surface area contributed by atoms with Crippen molar-refractivity contribution in [3.8, 4) is 0 Å². The van der Waals surface area contributed by atoms with Gasteiger partial charge in [0.1, 0.15) is 5.76 Å². The van der Waals surface area contributed by atoms with Crippen molar-refractivity contribution < 1.29 is 19.1 Å². The Morgan fingerprint density at radius 3 is 2.65 bits per heavy atom. The second-order valence-corrected chi connectivity index (χ2v) is 7.71. The molecule has 164 valence electrons. The zero-order chi connectivity index (χ0) is 22.5. The maximum absolute atomic E-state index is 12.8. The minimum Gasteiger partial charge on any atom is -0.454 e. The van der Waals surface area contributed by atoms with Crippen LogP contribution in [0.25, 0.3) is 0 Å². The molecule has 4 N–H and O–H groups in total. The van der Waals surface area contributed by atoms with Gasteiger partial charge in [-0.1, -0.05) is 11.6 Å². The van der Waals surface area contributed by atoms with E-state index in [4.69, 9.17) is 26.9 Å². The molecule has 0 saturated carbocycles. The molecule has 0 radical (unpaired) electrons. The summed E-state index contributed by atoms with van der Waals surface area (Å²) in [5.74, 6) is -0.409. The lowest BCUT2D eigenvalue weighted by molar-refractivity contribution is 0.0986. The smallest absolute Gasteiger partial charge is 0.291 e. The molecule has 9 heteroatoms. The number of aliphatic hydroxyl groups is 1. The fourth-order valence-corrected chi connectivity index (χ4v) is 3.70. The quantitative estimate of drug-likeness (QED) is 0.436. The van der Waals surface area contributed by atoms with Crippen LogP contribution in [0.4, 0.5) is 5.69 Å². The summed E-state index contributed by atoms with van der Waals surface area (Å²) in [7, 11) is 0. The van der Waals surface area contributed by atoms with Gasteiger partial charge in [0.2, 0.25) is 0 Å². The van der Waals surface area contributed by atoms with Gasteiger partial charge in [0.05, 0.1) is 22.8 Å². The molecule has 8 nitrogen and oxygen atoms in total. The third-order valence-electron chi connectivity index (χ3n) is 4.89. The number of aliphatic hydroxyl groups excluding tert-OH is 1. The zero-order valence-corrected chi connectivity index (χ0v) is 18.2. The molecule has 0 aliphatic heterocycles. The number of unbranched alkanes of at least 4 members (excludes halogenated alkanes) is 1. The summed E-state index contributed by atoms with van der Waals surface area (Å²) in [6.07, 6.45) is 1.58. The number of hydrogen-bond acceptors (Lipinski definition) is 5. The molecule has 2 heterocycles. The molecule has 0 spiro atoms. The van der Waals surface area contributed by atoms with Gasteiger partial charge >= 0.3 is 0 Å². The van der Waals surface area contributed by atoms with Crippen molar-refractivity contribution in [3.05, 3.63) is 69.4 Å². The van der Waals surface area contributed by atoms with Crippen LogP contribution in [0.15, 0.2) is 34.7 Å². The standard InChI is InChI=1S/C22H25ClN4O4/c1-13-11-14(2)27(26-13)12-15-6-9-19(31-15)22(30)25-18-8-7-17(23)20(21(24)29)16(18)5-3-4-10-28/h6-9,11,28H,3-5,10,12H2,1-2H3,(H2,24,29)(H,25,30). The molecule has 2 aromatic heterocycles. The Balaban J connectivity index is 1.81. The molecule has 1 aromatic carbocycles. The zero-order valence-electron chi connectivity index (χ0n) is 17.4. The first-order valence-corrected chi connectivity index (χ1v) is 10.3. The first-order valence-electron chi connectivity index (χ1n) is 9.93. The number of nitrogens with zero attached hydrogens (tertiary/aromatic N) is 2. The molecule has 31 heavy (non-hydrogen) atoms. The van der Waals surface area contributed by atoms with Crippen molar-refractivity contribution in [2.45, 2.75) is 39.7 Å². The second kappa shape index (κ2) is 9.80. The molecule has 3 rings (SSSR count). The van der Waals surface area contributed by atoms with Gasteiger partial charge in [-0.15, -0.1) is 0 Å². The van der Waals surface area contributed by atoms with Gasteiger partial charge in [-0.25, -0.2) is 0 Å². The van der Waals surface area contributed by atoms with Crippen molar-refractivity contribution in [2.24, 2.45) is 5.73 Å². The Morgan fingerprint density at radius 2 is 2.00 bits per heavy atom. The highest BCUT2D eigenvalue weighted by atomic mass is 35.5. The van der Waals surface area contributed by atoms with Crippen LogP contribution in [-0.2, 0) is 13.0 Å². The SMILES string of the molecule is Cc1cc(C)n(Cc2ccc(C(=O)Nc3ccc(Cl)c(C(N)=O)c3CCCCO)o2)n1. The van der Waals surface area contributed by atoms with Gasteiger partial charge in [0.15, 0.2) is 5.76 Å². The Hall–Kier alpha value is -3.10. The molecule has 0 aliphatic rings. The van der Waals surface area contributed by atoms with Crippen molar-refractivity contribution in [3.63, 3.8) is 0 Å². The normalized spacial score (nSPS) is 11.0. The lowest BCUT2D eigenvalue weighted by atomic mass is 9.99. The Morgan fingerprint density at radius 1 is 1.23 bits per heavy atom. The van der Waals surface area contributed by atoms with Crippen molar-refractivity contribution in [1.29, 1.82) is 0 Å². The largest absolute Gasteiger partial charge is 0.454 e. The van der Waals surface area contributed by atoms with Gasteiger partial charge in [-0.2, -0.15) is 5.10 Å². The third-order valence-corrected chi connectivity index (χ3v) is 5.20. The van der Waals surface area contributed by atoms with Gasteiger partial charge in [0, 0.05) is 18.0 Å². The first-order chi connectivity index (χ1) is 14.8. The molecule has 0 bridgehead atoms. The maximum Gasteiger partial charge on any atom is 0.291 e. The van der Waals surface area contributed by atoms with Crippen LogP contribution in [0.5, 0.6) is 0 Å². The topological polar surface area (TPSA) is 123 Å². The van der Waals surface area contributed by atoms with E-state index in [1.807, 2.05) is 19.9 Å². The summed E-state index contributed by atoms with van der Waals surface area (Å²) in [6, 6.07) is 8.42. The predicted octanol–water partition coefficient (Wildman–Crippen LogP) is 3.46. The number of amides is 2. The van der Waals surface area contributed by atoms with Crippen LogP contribution < -0.4 is 11.1 Å². The van der Waals surface area contributed by atoms with E-state index in [1.165, 1.54) is 6.07 Å². The lowest BCUT2D eigenvalue weighted by Crippen LogP contribution is -2.18. The molecule has 2 amide bonds. The summed E-state index contributed by atoms with van der Waals surface area (Å²) >= 11 is 6.17. The number of halogens is 1. The summed E-state index contributed by atoms with van der Waals surface area (Å²) < 4.78 is 7.50. The number of carbonyl (C=O) groups is 2. The van der Waals surface area contributed by atoms with Gasteiger partial charge in [-0.3, -0.25) is 14.3 Å². The third kappa shape index (κ3) is 5.34. The fourth-order valence-electron chi connectivity index (χ4n) is 3.43. The minimum atomic E-state index is -0.676. The average molecular weight is 445 g/mol. The number of anilines is 1. The maximum atomic E-state index is 12.8. The number of primary amides is 1. The lowest BCUT2D eigenvalue weighted by Gasteiger charge is -2.15. The van der Waals surface area contributed by atoms with Crippen LogP contribution >= 0.6 is 11.6 Å². The number of nitrogens with one attached hydrogen (secondary N) is 1. The number of rotatable bonds is 9. The van der Waals surface area contributed by atoms with Crippen LogP contribution in [0.3, 0.4) is 0 Å². The van der Waals surface area contributed by atoms with Gasteiger partial charge < -0.3 is 20.6 Å². The Labute approximate surface area is 185 Å². The molecule has 0 saturated heterocycles. The highest BCUT2D eigenvalue weighted by Gasteiger charge is 2.20. The van der Waals surface area contributed by atoms with E-state index >= 15 is 0 Å². The molecule has 0 unspecified atom stereocenters. The highest BCUT2D eigenvalue weighted by molar-refractivity contribution is 6.34. The monoisotopic (exact) mass is 444 g/mol. The number of hydrogen-bond donors (Lipinski definition) is 3. The Bertz CT molecular complexity index is 1100. The van der Waals surface area contributed by atoms with Crippen LogP contribution in [-0.4, -0.2) is 33.3 Å². The van der Waals surface area contributed by atoms with E-state index in [9.17, 15) is 9.59 Å². The summed E-state index contributed by atoms with van der Waals surface area (Å²) in [6.45, 7) is 4.30. The molecule has 0 fully saturated rings. The van der Waals surface area contributed by atoms with Crippen molar-refractivity contribution in [2.75, 3.05) is 11.9 Å². The average Bonchev–Trinajstić information content (AvgIpc) is 3.30. The van der Waals surface area contributed by atoms with Crippen LogP contribution in [0, 0.1) is 13.8 Å². The van der Waals surface area contributed by atoms with Gasteiger partial charge in [-0.05, 0) is 69.0 Å². The molecule has 3 aromatic rings. The van der Waals surface area contributed by atoms with E-state index in [0.717, 1.165) is 11.4 Å². The van der Waals surface area contributed by atoms with Crippen LogP contribution in [0.2, 0.25) is 5.02 Å². The number of carbonyl (C=O) groups excluding carboxylic acids is 2. The highest BCUT2D eigenvalue weighted by Crippen LogP contribution is 2.29. The number of aromatic nitrogens is 2. The summed E-state index contributed by atoms with van der Waals surface area (Å²) in [4.78, 5) is 24.7. The van der Waals surface area contributed by atoms with Crippen molar-refractivity contribution >= 4 is 29.1 Å². The van der Waals surface area contributed by atoms with E-state index < -0.39 is 11.8 Å². The van der Waals surface area contributed by atoms with E-state index in [-0.39, 0.29) is 23.0 Å².